The molecule has 2 aromatic carbocycles. The first-order chi connectivity index (χ1) is 24.6. The molecule has 0 aliphatic heterocycles. The minimum atomic E-state index is 0.00532. The lowest BCUT2D eigenvalue weighted by Gasteiger charge is -2.59. The van der Waals surface area contributed by atoms with Crippen LogP contribution in [0.3, 0.4) is 0 Å². The number of nitrogens with two attached hydrogens (primary N) is 4. The van der Waals surface area contributed by atoms with E-state index in [4.69, 9.17) is 22.9 Å². The van der Waals surface area contributed by atoms with Crippen molar-refractivity contribution in [2.24, 2.45) is 57.7 Å². The molecule has 4 saturated carbocycles. The Morgan fingerprint density at radius 1 is 0.808 bits per heavy atom. The third-order valence-electron chi connectivity index (χ3n) is 15.2. The van der Waals surface area contributed by atoms with Gasteiger partial charge < -0.3 is 22.9 Å². The van der Waals surface area contributed by atoms with Gasteiger partial charge in [-0.05, 0) is 161 Å². The number of hydrogen-bond donors (Lipinski definition) is 4. The number of Topliss-reactive ketones (excluding diaryl/α,β-unsaturated/α-hetero) is 2. The lowest BCUT2D eigenvalue weighted by Crippen LogP contribution is -2.52. The minimum absolute atomic E-state index is 0.00532. The van der Waals surface area contributed by atoms with Crippen molar-refractivity contribution in [1.82, 2.24) is 0 Å². The lowest BCUT2D eigenvalue weighted by molar-refractivity contribution is -0.0652. The quantitative estimate of drug-likeness (QED) is 0.116. The van der Waals surface area contributed by atoms with Crippen molar-refractivity contribution in [3.05, 3.63) is 70.8 Å². The van der Waals surface area contributed by atoms with Gasteiger partial charge in [0.15, 0.2) is 11.6 Å². The summed E-state index contributed by atoms with van der Waals surface area (Å²) in [6.07, 6.45) is 18.8. The number of ketones is 2. The summed E-state index contributed by atoms with van der Waals surface area (Å²) in [5, 5.41) is 0. The predicted octanol–water partition coefficient (Wildman–Crippen LogP) is 10.7. The third kappa shape index (κ3) is 6.51. The number of benzene rings is 2. The van der Waals surface area contributed by atoms with E-state index in [0.717, 1.165) is 29.6 Å². The van der Waals surface area contributed by atoms with Crippen LogP contribution < -0.4 is 22.9 Å². The molecule has 52 heavy (non-hydrogen) atoms. The molecule has 5 aliphatic carbocycles. The molecule has 0 saturated heterocycles. The molecule has 0 amide bonds. The van der Waals surface area contributed by atoms with Gasteiger partial charge in [-0.25, -0.2) is 0 Å². The molecule has 8 N–H and O–H groups in total. The Morgan fingerprint density at radius 2 is 1.40 bits per heavy atom. The van der Waals surface area contributed by atoms with Crippen LogP contribution in [0.4, 0.5) is 22.7 Å². The molecule has 0 spiro atoms. The number of hydrogen-bond acceptors (Lipinski definition) is 6. The Morgan fingerprint density at radius 3 is 1.98 bits per heavy atom. The molecule has 6 nitrogen and oxygen atoms in total. The minimum Gasteiger partial charge on any atom is -0.399 e. The summed E-state index contributed by atoms with van der Waals surface area (Å²) in [6.45, 7) is 16.4. The molecule has 282 valence electrons. The highest BCUT2D eigenvalue weighted by Gasteiger charge is 2.72. The highest BCUT2D eigenvalue weighted by Crippen LogP contribution is 2.77. The number of allylic oxidation sites excluding steroid dienone is 4. The normalized spacial score (nSPS) is 34.6. The summed E-state index contributed by atoms with van der Waals surface area (Å²) in [7, 11) is 0. The molecular formula is C46H66N4O2. The van der Waals surface area contributed by atoms with Gasteiger partial charge in [0.2, 0.25) is 0 Å². The van der Waals surface area contributed by atoms with Crippen molar-refractivity contribution < 1.29 is 9.59 Å². The van der Waals surface area contributed by atoms with Crippen LogP contribution in [0.5, 0.6) is 0 Å². The van der Waals surface area contributed by atoms with Crippen LogP contribution >= 0.6 is 0 Å². The SMILES string of the molecule is CCC(=O)c1cc(N)cc(N)c1.CCC12CCC3C(CC=C4C3(C)CCC3C(C(=O)c5cc(N)cc(N)c5)C43C)C1CCC2C(C)CCC=C(C)C. The molecule has 0 bridgehead atoms. The number of anilines is 4. The first-order valence-electron chi connectivity index (χ1n) is 20.3. The number of carbonyl (C=O) groups is 2. The van der Waals surface area contributed by atoms with Crippen LogP contribution in [0.2, 0.25) is 0 Å². The Labute approximate surface area is 313 Å². The second-order valence-electron chi connectivity index (χ2n) is 18.1. The van der Waals surface area contributed by atoms with Crippen molar-refractivity contribution in [3.63, 3.8) is 0 Å². The first kappa shape index (κ1) is 38.2. The maximum absolute atomic E-state index is 13.8. The van der Waals surface area contributed by atoms with Crippen LogP contribution in [-0.2, 0) is 0 Å². The van der Waals surface area contributed by atoms with Gasteiger partial charge in [-0.3, -0.25) is 9.59 Å². The number of fused-ring (bicyclic) bond motifs is 7. The average molecular weight is 707 g/mol. The second-order valence-corrected chi connectivity index (χ2v) is 18.1. The average Bonchev–Trinajstić information content (AvgIpc) is 3.51. The maximum atomic E-state index is 13.8. The van der Waals surface area contributed by atoms with E-state index >= 15 is 0 Å². The Hall–Kier alpha value is -3.54. The van der Waals surface area contributed by atoms with Crippen LogP contribution in [-0.4, -0.2) is 11.6 Å². The van der Waals surface area contributed by atoms with E-state index in [-0.39, 0.29) is 28.3 Å². The van der Waals surface area contributed by atoms with E-state index in [1.807, 2.05) is 19.1 Å². The summed E-state index contributed by atoms with van der Waals surface area (Å²) >= 11 is 0. The summed E-state index contributed by atoms with van der Waals surface area (Å²) in [5.74, 6) is 5.03. The molecule has 0 aromatic heterocycles. The van der Waals surface area contributed by atoms with Crippen LogP contribution in [0.15, 0.2) is 59.7 Å². The number of nitrogen functional groups attached to an aromatic ring is 4. The summed E-state index contributed by atoms with van der Waals surface area (Å²) < 4.78 is 0. The fourth-order valence-corrected chi connectivity index (χ4v) is 12.9. The van der Waals surface area contributed by atoms with Gasteiger partial charge in [-0.2, -0.15) is 0 Å². The zero-order valence-corrected chi connectivity index (χ0v) is 33.1. The van der Waals surface area contributed by atoms with Crippen LogP contribution in [0, 0.1) is 57.7 Å². The summed E-state index contributed by atoms with van der Waals surface area (Å²) in [4.78, 5) is 25.1. The molecule has 7 rings (SSSR count). The molecule has 5 aliphatic rings. The lowest BCUT2D eigenvalue weighted by atomic mass is 9.45. The molecule has 4 fully saturated rings. The topological polar surface area (TPSA) is 138 Å². The largest absolute Gasteiger partial charge is 0.399 e. The molecule has 0 heterocycles. The highest BCUT2D eigenvalue weighted by atomic mass is 16.1. The summed E-state index contributed by atoms with van der Waals surface area (Å²) in [5.41, 5.74) is 30.6. The van der Waals surface area contributed by atoms with E-state index < -0.39 is 0 Å². The van der Waals surface area contributed by atoms with Gasteiger partial charge in [0.1, 0.15) is 0 Å². The highest BCUT2D eigenvalue weighted by molar-refractivity contribution is 6.02. The van der Waals surface area contributed by atoms with Gasteiger partial charge in [0, 0.05) is 51.6 Å². The molecule has 10 unspecified atom stereocenters. The van der Waals surface area contributed by atoms with E-state index in [0.29, 0.717) is 51.6 Å². The third-order valence-corrected chi connectivity index (χ3v) is 15.2. The molecule has 10 atom stereocenters. The standard InChI is InChI=1S/C37H54N2O.C9H12N2O/c1-7-37-18-16-29-27(30(37)13-12-28(37)23(4)10-8-9-22(2)3)11-14-32-35(29,5)17-15-31-33(36(31,32)6)34(40)24-19-25(38)21-26(39)20-24;1-2-9(12)6-3-7(10)5-8(11)4-6/h9,14,19-21,23,27-31,33H,7-8,10-13,15-18,38-39H2,1-6H3;3-5H,2,10-11H2,1H3. The molecule has 0 radical (unpaired) electrons. The Kier molecular flexibility index (Phi) is 10.5. The van der Waals surface area contributed by atoms with Gasteiger partial charge in [-0.1, -0.05) is 57.9 Å². The van der Waals surface area contributed by atoms with Gasteiger partial charge in [-0.15, -0.1) is 0 Å². The van der Waals surface area contributed by atoms with E-state index in [2.05, 4.69) is 53.7 Å². The monoisotopic (exact) mass is 707 g/mol. The van der Waals surface area contributed by atoms with Gasteiger partial charge in [0.25, 0.3) is 0 Å². The fraction of sp³-hybridized carbons (Fsp3) is 0.609. The maximum Gasteiger partial charge on any atom is 0.167 e. The zero-order chi connectivity index (χ0) is 37.7. The Bertz CT molecular complexity index is 1720. The Balaban J connectivity index is 0.000000330. The second kappa shape index (κ2) is 14.4. The van der Waals surface area contributed by atoms with Gasteiger partial charge >= 0.3 is 0 Å². The smallest absolute Gasteiger partial charge is 0.167 e. The number of carbonyl (C=O) groups excluding carboxylic acids is 2. The fourth-order valence-electron chi connectivity index (χ4n) is 12.9. The number of rotatable bonds is 9. The molecular weight excluding hydrogens is 641 g/mol. The van der Waals surface area contributed by atoms with Crippen molar-refractivity contribution in [3.8, 4) is 0 Å². The van der Waals surface area contributed by atoms with Crippen molar-refractivity contribution >= 4 is 34.3 Å². The van der Waals surface area contributed by atoms with Crippen LogP contribution in [0.1, 0.15) is 140 Å². The summed E-state index contributed by atoms with van der Waals surface area (Å²) in [6, 6.07) is 10.3. The van der Waals surface area contributed by atoms with Crippen molar-refractivity contribution in [1.29, 1.82) is 0 Å². The van der Waals surface area contributed by atoms with E-state index in [9.17, 15) is 9.59 Å². The predicted molar refractivity (Wildman–Crippen MR) is 218 cm³/mol. The molecule has 2 aromatic rings. The van der Waals surface area contributed by atoms with E-state index in [1.165, 1.54) is 69.8 Å². The van der Waals surface area contributed by atoms with Crippen LogP contribution in [0.25, 0.3) is 0 Å². The van der Waals surface area contributed by atoms with Gasteiger partial charge in [0.05, 0.1) is 0 Å². The van der Waals surface area contributed by atoms with E-state index in [1.54, 1.807) is 29.8 Å². The van der Waals surface area contributed by atoms with Crippen molar-refractivity contribution in [2.75, 3.05) is 22.9 Å². The zero-order valence-electron chi connectivity index (χ0n) is 33.1. The first-order valence-corrected chi connectivity index (χ1v) is 20.3. The molecule has 6 heteroatoms. The van der Waals surface area contributed by atoms with Crippen molar-refractivity contribution in [2.45, 2.75) is 119 Å².